The van der Waals surface area contributed by atoms with Gasteiger partial charge in [-0.1, -0.05) is 6.07 Å². The molecular formula is C23H18FNO4S. The number of ether oxygens (including phenoxy) is 1. The molecule has 5 nitrogen and oxygen atoms in total. The summed E-state index contributed by atoms with van der Waals surface area (Å²) in [5.74, 6) is -1.62. The Morgan fingerprint density at radius 2 is 1.87 bits per heavy atom. The van der Waals surface area contributed by atoms with Crippen LogP contribution in [0.25, 0.3) is 5.76 Å². The highest BCUT2D eigenvalue weighted by Gasteiger charge is 2.47. The molecule has 2 heterocycles. The van der Waals surface area contributed by atoms with Gasteiger partial charge < -0.3 is 9.84 Å². The van der Waals surface area contributed by atoms with Gasteiger partial charge in [0.15, 0.2) is 0 Å². The molecule has 1 saturated heterocycles. The van der Waals surface area contributed by atoms with Gasteiger partial charge in [0.05, 0.1) is 12.7 Å². The number of rotatable bonds is 4. The lowest BCUT2D eigenvalue weighted by Crippen LogP contribution is -2.29. The van der Waals surface area contributed by atoms with E-state index in [1.807, 2.05) is 18.4 Å². The third-order valence-corrected chi connectivity index (χ3v) is 5.95. The Balaban J connectivity index is 1.90. The highest BCUT2D eigenvalue weighted by atomic mass is 32.1. The molecule has 2 aromatic carbocycles. The van der Waals surface area contributed by atoms with Crippen molar-refractivity contribution in [1.82, 2.24) is 0 Å². The third kappa shape index (κ3) is 3.27. The average molecular weight is 423 g/mol. The van der Waals surface area contributed by atoms with Crippen molar-refractivity contribution < 1.29 is 23.8 Å². The van der Waals surface area contributed by atoms with Gasteiger partial charge >= 0.3 is 0 Å². The van der Waals surface area contributed by atoms with Crippen LogP contribution in [0.4, 0.5) is 10.1 Å². The van der Waals surface area contributed by atoms with Crippen LogP contribution in [0.3, 0.4) is 0 Å². The average Bonchev–Trinajstić information content (AvgIpc) is 3.35. The minimum Gasteiger partial charge on any atom is -0.507 e. The molecule has 1 fully saturated rings. The van der Waals surface area contributed by atoms with E-state index in [1.165, 1.54) is 40.5 Å². The number of anilines is 1. The molecule has 1 N–H and O–H groups in total. The Hall–Kier alpha value is -3.45. The quantitative estimate of drug-likeness (QED) is 0.371. The smallest absolute Gasteiger partial charge is 0.300 e. The maximum Gasteiger partial charge on any atom is 0.300 e. The van der Waals surface area contributed by atoms with Gasteiger partial charge in [-0.15, -0.1) is 11.3 Å². The first-order valence-electron chi connectivity index (χ1n) is 9.17. The summed E-state index contributed by atoms with van der Waals surface area (Å²) < 4.78 is 18.7. The van der Waals surface area contributed by atoms with E-state index < -0.39 is 23.5 Å². The van der Waals surface area contributed by atoms with E-state index in [0.717, 1.165) is 5.56 Å². The van der Waals surface area contributed by atoms with Crippen molar-refractivity contribution in [2.24, 2.45) is 0 Å². The molecule has 3 aromatic rings. The van der Waals surface area contributed by atoms with E-state index in [-0.39, 0.29) is 11.3 Å². The molecule has 1 atom stereocenters. The number of hydrogen-bond acceptors (Lipinski definition) is 5. The van der Waals surface area contributed by atoms with E-state index >= 15 is 0 Å². The molecule has 152 valence electrons. The summed E-state index contributed by atoms with van der Waals surface area (Å²) in [5.41, 5.74) is 1.56. The van der Waals surface area contributed by atoms with Crippen molar-refractivity contribution in [2.45, 2.75) is 13.0 Å². The highest BCUT2D eigenvalue weighted by molar-refractivity contribution is 7.10. The van der Waals surface area contributed by atoms with Crippen molar-refractivity contribution in [3.05, 3.63) is 87.4 Å². The van der Waals surface area contributed by atoms with Crippen LogP contribution >= 0.6 is 11.3 Å². The normalized spacial score (nSPS) is 18.1. The van der Waals surface area contributed by atoms with Crippen LogP contribution in [0.5, 0.6) is 5.75 Å². The summed E-state index contributed by atoms with van der Waals surface area (Å²) in [7, 11) is 1.55. The zero-order valence-corrected chi connectivity index (χ0v) is 17.1. The highest BCUT2D eigenvalue weighted by Crippen LogP contribution is 2.43. The summed E-state index contributed by atoms with van der Waals surface area (Å²) in [4.78, 5) is 27.9. The summed E-state index contributed by atoms with van der Waals surface area (Å²) in [6.07, 6.45) is 0. The largest absolute Gasteiger partial charge is 0.507 e. The van der Waals surface area contributed by atoms with Crippen molar-refractivity contribution in [3.63, 3.8) is 0 Å². The Labute approximate surface area is 176 Å². The van der Waals surface area contributed by atoms with Gasteiger partial charge in [-0.05, 0) is 66.4 Å². The number of aliphatic hydroxyl groups is 1. The number of hydrogen-bond donors (Lipinski definition) is 1. The number of carbonyl (C=O) groups excluding carboxylic acids is 2. The van der Waals surface area contributed by atoms with Crippen molar-refractivity contribution in [2.75, 3.05) is 12.0 Å². The monoisotopic (exact) mass is 423 g/mol. The number of nitrogens with zero attached hydrogens (tertiary/aromatic N) is 1. The molecule has 0 aliphatic carbocycles. The molecule has 7 heteroatoms. The number of carbonyl (C=O) groups is 2. The number of aliphatic hydroxyl groups excluding tert-OH is 1. The lowest BCUT2D eigenvalue weighted by Gasteiger charge is -2.24. The van der Waals surface area contributed by atoms with E-state index in [4.69, 9.17) is 4.74 Å². The molecular weight excluding hydrogens is 405 g/mol. The molecule has 1 aliphatic rings. The first kappa shape index (κ1) is 19.8. The van der Waals surface area contributed by atoms with Gasteiger partial charge in [0.2, 0.25) is 0 Å². The lowest BCUT2D eigenvalue weighted by molar-refractivity contribution is -0.132. The molecule has 1 unspecified atom stereocenters. The number of methoxy groups -OCH3 is 1. The number of benzene rings is 2. The summed E-state index contributed by atoms with van der Waals surface area (Å²) in [6, 6.07) is 13.2. The summed E-state index contributed by atoms with van der Waals surface area (Å²) in [5, 5.41) is 12.9. The molecule has 1 amide bonds. The molecule has 0 saturated carbocycles. The molecule has 0 spiro atoms. The van der Waals surface area contributed by atoms with Gasteiger partial charge in [0.1, 0.15) is 23.4 Å². The first-order valence-corrected chi connectivity index (χ1v) is 10.1. The standard InChI is InChI=1S/C23H18FNO4S/c1-13-12-14(5-10-17(13)29-2)21(26)19-20(18-4-3-11-30-18)25(23(28)22(19)27)16-8-6-15(24)7-9-16/h3-12,20,26H,1-2H3/b21-19-. The minimum absolute atomic E-state index is 0.00339. The second kappa shape index (κ2) is 7.76. The zero-order valence-electron chi connectivity index (χ0n) is 16.3. The maximum atomic E-state index is 13.4. The molecule has 0 radical (unpaired) electrons. The molecule has 1 aliphatic heterocycles. The molecule has 4 rings (SSSR count). The van der Waals surface area contributed by atoms with Crippen LogP contribution in [0.2, 0.25) is 0 Å². The molecule has 0 bridgehead atoms. The Morgan fingerprint density at radius 1 is 1.13 bits per heavy atom. The van der Waals surface area contributed by atoms with Crippen LogP contribution < -0.4 is 9.64 Å². The van der Waals surface area contributed by atoms with Crippen LogP contribution in [0.1, 0.15) is 22.0 Å². The summed E-state index contributed by atoms with van der Waals surface area (Å²) in [6.45, 7) is 1.82. The molecule has 30 heavy (non-hydrogen) atoms. The predicted molar refractivity (Wildman–Crippen MR) is 113 cm³/mol. The number of amides is 1. The zero-order chi connectivity index (χ0) is 21.4. The fourth-order valence-corrected chi connectivity index (χ4v) is 4.42. The lowest BCUT2D eigenvalue weighted by atomic mass is 9.98. The first-order chi connectivity index (χ1) is 14.4. The van der Waals surface area contributed by atoms with Gasteiger partial charge in [0, 0.05) is 16.1 Å². The fourth-order valence-electron chi connectivity index (χ4n) is 3.60. The van der Waals surface area contributed by atoms with Gasteiger partial charge in [-0.25, -0.2) is 4.39 Å². The maximum absolute atomic E-state index is 13.4. The van der Waals surface area contributed by atoms with E-state index in [2.05, 4.69) is 0 Å². The van der Waals surface area contributed by atoms with Gasteiger partial charge in [-0.2, -0.15) is 0 Å². The minimum atomic E-state index is -0.808. The number of Topliss-reactive ketones (excluding diaryl/α,β-unsaturated/α-hetero) is 1. The van der Waals surface area contributed by atoms with Crippen molar-refractivity contribution >= 4 is 34.5 Å². The van der Waals surface area contributed by atoms with Gasteiger partial charge in [-0.3, -0.25) is 14.5 Å². The number of halogens is 1. The van der Waals surface area contributed by atoms with Crippen LogP contribution in [-0.2, 0) is 9.59 Å². The molecule has 1 aromatic heterocycles. The van der Waals surface area contributed by atoms with Gasteiger partial charge in [0.25, 0.3) is 11.7 Å². The second-order valence-corrected chi connectivity index (χ2v) is 7.82. The number of thiophene rings is 1. The van der Waals surface area contributed by atoms with E-state index in [9.17, 15) is 19.1 Å². The summed E-state index contributed by atoms with van der Waals surface area (Å²) >= 11 is 1.37. The third-order valence-electron chi connectivity index (χ3n) is 5.03. The second-order valence-electron chi connectivity index (χ2n) is 6.85. The van der Waals surface area contributed by atoms with E-state index in [0.29, 0.717) is 21.9 Å². The fraction of sp³-hybridized carbons (Fsp3) is 0.130. The predicted octanol–water partition coefficient (Wildman–Crippen LogP) is 4.83. The number of aryl methyl sites for hydroxylation is 1. The van der Waals surface area contributed by atoms with Crippen LogP contribution in [0, 0.1) is 12.7 Å². The van der Waals surface area contributed by atoms with Crippen molar-refractivity contribution in [1.29, 1.82) is 0 Å². The Kier molecular flexibility index (Phi) is 5.13. The topological polar surface area (TPSA) is 66.8 Å². The Bertz CT molecular complexity index is 1150. The van der Waals surface area contributed by atoms with Crippen molar-refractivity contribution in [3.8, 4) is 5.75 Å². The Morgan fingerprint density at radius 3 is 2.47 bits per heavy atom. The SMILES string of the molecule is COc1ccc(/C(O)=C2/C(=O)C(=O)N(c3ccc(F)cc3)C2c2cccs2)cc1C. The number of ketones is 1. The van der Waals surface area contributed by atoms with Crippen LogP contribution in [-0.4, -0.2) is 23.9 Å². The van der Waals surface area contributed by atoms with Crippen LogP contribution in [0.15, 0.2) is 65.6 Å². The van der Waals surface area contributed by atoms with E-state index in [1.54, 1.807) is 31.4 Å².